The van der Waals surface area contributed by atoms with Gasteiger partial charge in [-0.25, -0.2) is 4.98 Å². The Morgan fingerprint density at radius 3 is 3.00 bits per heavy atom. The molecule has 0 unspecified atom stereocenters. The Bertz CT molecular complexity index is 437. The largest absolute Gasteiger partial charge is 0.379 e. The molecular formula is C11H12IN3. The molecule has 0 radical (unpaired) electrons. The van der Waals surface area contributed by atoms with Crippen molar-refractivity contribution in [2.24, 2.45) is 0 Å². The lowest BCUT2D eigenvalue weighted by atomic mass is 10.2. The Balaban J connectivity index is 2.02. The first kappa shape index (κ1) is 10.5. The van der Waals surface area contributed by atoms with Crippen LogP contribution in [-0.2, 0) is 6.54 Å². The molecule has 0 aliphatic carbocycles. The zero-order valence-corrected chi connectivity index (χ0v) is 10.6. The van der Waals surface area contributed by atoms with E-state index >= 15 is 0 Å². The maximum absolute atomic E-state index is 3.97. The predicted octanol–water partition coefficient (Wildman–Crippen LogP) is 2.93. The maximum atomic E-state index is 3.97. The van der Waals surface area contributed by atoms with E-state index in [2.05, 4.69) is 63.0 Å². The highest BCUT2D eigenvalue weighted by Crippen LogP contribution is 2.17. The van der Waals surface area contributed by atoms with Gasteiger partial charge in [0.05, 0.1) is 18.6 Å². The van der Waals surface area contributed by atoms with Crippen LogP contribution in [0.25, 0.3) is 0 Å². The van der Waals surface area contributed by atoms with Crippen LogP contribution in [0.1, 0.15) is 11.3 Å². The minimum atomic E-state index is 0.777. The monoisotopic (exact) mass is 313 g/mol. The number of anilines is 1. The maximum Gasteiger partial charge on any atom is 0.0922 e. The Kier molecular flexibility index (Phi) is 3.25. The summed E-state index contributed by atoms with van der Waals surface area (Å²) in [6.45, 7) is 2.89. The summed E-state index contributed by atoms with van der Waals surface area (Å²) in [6.07, 6.45) is 3.52. The number of aromatic nitrogens is 2. The molecule has 1 heterocycles. The normalized spacial score (nSPS) is 10.3. The second-order valence-corrected chi connectivity index (χ2v) is 4.56. The van der Waals surface area contributed by atoms with Gasteiger partial charge in [-0.1, -0.05) is 6.07 Å². The molecule has 15 heavy (non-hydrogen) atoms. The molecule has 1 aromatic carbocycles. The molecular weight excluding hydrogens is 301 g/mol. The second-order valence-electron chi connectivity index (χ2n) is 3.39. The second kappa shape index (κ2) is 4.65. The fourth-order valence-electron chi connectivity index (χ4n) is 1.28. The van der Waals surface area contributed by atoms with Crippen molar-refractivity contribution >= 4 is 28.3 Å². The van der Waals surface area contributed by atoms with Crippen LogP contribution in [0.5, 0.6) is 0 Å². The van der Waals surface area contributed by atoms with Crippen LogP contribution in [0.2, 0.25) is 0 Å². The third-order valence-electron chi connectivity index (χ3n) is 2.21. The zero-order valence-electron chi connectivity index (χ0n) is 8.42. The van der Waals surface area contributed by atoms with E-state index in [0.29, 0.717) is 0 Å². The molecule has 0 saturated heterocycles. The average molecular weight is 313 g/mol. The third-order valence-corrected chi connectivity index (χ3v) is 3.37. The predicted molar refractivity (Wildman–Crippen MR) is 69.8 cm³/mol. The van der Waals surface area contributed by atoms with Crippen molar-refractivity contribution in [1.82, 2.24) is 9.97 Å². The number of nitrogens with zero attached hydrogens (tertiary/aromatic N) is 1. The molecule has 0 spiro atoms. The van der Waals surface area contributed by atoms with Gasteiger partial charge in [0.2, 0.25) is 0 Å². The zero-order chi connectivity index (χ0) is 10.7. The van der Waals surface area contributed by atoms with E-state index in [0.717, 1.165) is 17.9 Å². The van der Waals surface area contributed by atoms with E-state index in [-0.39, 0.29) is 0 Å². The third kappa shape index (κ3) is 2.71. The molecule has 0 amide bonds. The first-order valence-electron chi connectivity index (χ1n) is 4.73. The van der Waals surface area contributed by atoms with Crippen molar-refractivity contribution in [3.63, 3.8) is 0 Å². The molecule has 0 atom stereocenters. The molecule has 0 aliphatic rings. The fourth-order valence-corrected chi connectivity index (χ4v) is 1.80. The molecule has 1 aromatic heterocycles. The van der Waals surface area contributed by atoms with Gasteiger partial charge in [-0.2, -0.15) is 0 Å². The first-order valence-corrected chi connectivity index (χ1v) is 5.81. The molecule has 2 N–H and O–H groups in total. The van der Waals surface area contributed by atoms with Crippen LogP contribution >= 0.6 is 22.6 Å². The van der Waals surface area contributed by atoms with Gasteiger partial charge in [0, 0.05) is 15.5 Å². The Hall–Kier alpha value is -1.04. The van der Waals surface area contributed by atoms with Crippen molar-refractivity contribution in [1.29, 1.82) is 0 Å². The highest BCUT2D eigenvalue weighted by Gasteiger charge is 1.97. The van der Waals surface area contributed by atoms with Crippen molar-refractivity contribution in [3.8, 4) is 0 Å². The van der Waals surface area contributed by atoms with Crippen LogP contribution in [-0.4, -0.2) is 9.97 Å². The summed E-state index contributed by atoms with van der Waals surface area (Å²) in [5.74, 6) is 0. The Labute approximate surface area is 102 Å². The summed E-state index contributed by atoms with van der Waals surface area (Å²) in [5.41, 5.74) is 3.54. The number of aromatic amines is 1. The summed E-state index contributed by atoms with van der Waals surface area (Å²) in [6, 6.07) is 6.36. The van der Waals surface area contributed by atoms with Gasteiger partial charge >= 0.3 is 0 Å². The van der Waals surface area contributed by atoms with Crippen LogP contribution in [0, 0.1) is 10.5 Å². The minimum Gasteiger partial charge on any atom is -0.379 e. The highest BCUT2D eigenvalue weighted by molar-refractivity contribution is 14.1. The van der Waals surface area contributed by atoms with Crippen LogP contribution in [0.15, 0.2) is 30.7 Å². The number of rotatable bonds is 3. The van der Waals surface area contributed by atoms with Crippen molar-refractivity contribution in [2.75, 3.05) is 5.32 Å². The van der Waals surface area contributed by atoms with Crippen LogP contribution in [0.3, 0.4) is 0 Å². The quantitative estimate of drug-likeness (QED) is 0.856. The molecule has 78 valence electrons. The van der Waals surface area contributed by atoms with E-state index < -0.39 is 0 Å². The number of hydrogen-bond donors (Lipinski definition) is 2. The number of H-pyrrole nitrogens is 1. The van der Waals surface area contributed by atoms with Gasteiger partial charge in [-0.05, 0) is 47.2 Å². The van der Waals surface area contributed by atoms with Crippen LogP contribution in [0.4, 0.5) is 5.69 Å². The smallest absolute Gasteiger partial charge is 0.0922 e. The number of imidazole rings is 1. The molecule has 0 saturated carbocycles. The minimum absolute atomic E-state index is 0.777. The summed E-state index contributed by atoms with van der Waals surface area (Å²) in [7, 11) is 0. The van der Waals surface area contributed by atoms with Gasteiger partial charge in [0.1, 0.15) is 0 Å². The molecule has 0 aliphatic heterocycles. The Morgan fingerprint density at radius 2 is 2.33 bits per heavy atom. The molecule has 2 aromatic rings. The number of hydrogen-bond acceptors (Lipinski definition) is 2. The van der Waals surface area contributed by atoms with Crippen molar-refractivity contribution < 1.29 is 0 Å². The SMILES string of the molecule is Cc1ccc(NCc2cnc[nH]2)cc1I. The molecule has 3 nitrogen and oxygen atoms in total. The number of nitrogens with one attached hydrogen (secondary N) is 2. The van der Waals surface area contributed by atoms with E-state index in [4.69, 9.17) is 0 Å². The lowest BCUT2D eigenvalue weighted by molar-refractivity contribution is 1.07. The highest BCUT2D eigenvalue weighted by atomic mass is 127. The van der Waals surface area contributed by atoms with Gasteiger partial charge < -0.3 is 10.3 Å². The van der Waals surface area contributed by atoms with Gasteiger partial charge in [-0.15, -0.1) is 0 Å². The topological polar surface area (TPSA) is 40.7 Å². The Morgan fingerprint density at radius 1 is 1.47 bits per heavy atom. The summed E-state index contributed by atoms with van der Waals surface area (Å²) < 4.78 is 1.28. The van der Waals surface area contributed by atoms with E-state index in [1.807, 2.05) is 6.20 Å². The molecule has 0 fully saturated rings. The molecule has 2 rings (SSSR count). The van der Waals surface area contributed by atoms with Crippen LogP contribution < -0.4 is 5.32 Å². The van der Waals surface area contributed by atoms with Gasteiger partial charge in [0.15, 0.2) is 0 Å². The lowest BCUT2D eigenvalue weighted by Gasteiger charge is -2.06. The van der Waals surface area contributed by atoms with E-state index in [9.17, 15) is 0 Å². The summed E-state index contributed by atoms with van der Waals surface area (Å²) in [5, 5.41) is 3.34. The fraction of sp³-hybridized carbons (Fsp3) is 0.182. The summed E-state index contributed by atoms with van der Waals surface area (Å²) >= 11 is 2.34. The average Bonchev–Trinajstić information content (AvgIpc) is 2.73. The van der Waals surface area contributed by atoms with Gasteiger partial charge in [-0.3, -0.25) is 0 Å². The van der Waals surface area contributed by atoms with Gasteiger partial charge in [0.25, 0.3) is 0 Å². The summed E-state index contributed by atoms with van der Waals surface area (Å²) in [4.78, 5) is 7.03. The van der Waals surface area contributed by atoms with Crippen molar-refractivity contribution in [3.05, 3.63) is 45.6 Å². The lowest BCUT2D eigenvalue weighted by Crippen LogP contribution is -1.99. The van der Waals surface area contributed by atoms with E-state index in [1.165, 1.54) is 9.13 Å². The van der Waals surface area contributed by atoms with E-state index in [1.54, 1.807) is 6.33 Å². The van der Waals surface area contributed by atoms with Crippen molar-refractivity contribution in [2.45, 2.75) is 13.5 Å². The molecule has 4 heteroatoms. The number of benzene rings is 1. The number of halogens is 1. The molecule has 0 bridgehead atoms. The first-order chi connectivity index (χ1) is 7.25. The number of aryl methyl sites for hydroxylation is 1. The standard InChI is InChI=1S/C11H12IN3/c1-8-2-3-9(4-11(8)12)14-6-10-5-13-7-15-10/h2-5,7,14H,6H2,1H3,(H,13,15).